The van der Waals surface area contributed by atoms with Gasteiger partial charge in [-0.3, -0.25) is 4.79 Å². The van der Waals surface area contributed by atoms with E-state index < -0.39 is 0 Å². The van der Waals surface area contributed by atoms with Gasteiger partial charge < -0.3 is 14.2 Å². The third-order valence-electron chi connectivity index (χ3n) is 4.71. The summed E-state index contributed by atoms with van der Waals surface area (Å²) < 4.78 is 16.0. The summed E-state index contributed by atoms with van der Waals surface area (Å²) in [5, 5.41) is 0. The highest BCUT2D eigenvalue weighted by atomic mass is 16.7. The molecule has 0 saturated heterocycles. The molecule has 2 atom stereocenters. The van der Waals surface area contributed by atoms with Crippen LogP contribution in [0, 0.1) is 17.3 Å². The maximum absolute atomic E-state index is 12.3. The average Bonchev–Trinajstić information content (AvgIpc) is 2.87. The van der Waals surface area contributed by atoms with Crippen LogP contribution in [0.1, 0.15) is 33.3 Å². The zero-order chi connectivity index (χ0) is 17.3. The fraction of sp³-hybridized carbons (Fsp3) is 0.450. The molecular formula is C20H24O4. The number of ether oxygens (including phenoxy) is 3. The summed E-state index contributed by atoms with van der Waals surface area (Å²) in [4.78, 5) is 12.3. The minimum atomic E-state index is -0.113. The Morgan fingerprint density at radius 2 is 2.04 bits per heavy atom. The van der Waals surface area contributed by atoms with Gasteiger partial charge in [0.15, 0.2) is 11.5 Å². The molecule has 4 heteroatoms. The number of hydrogen-bond acceptors (Lipinski definition) is 4. The van der Waals surface area contributed by atoms with Gasteiger partial charge in [-0.25, -0.2) is 0 Å². The van der Waals surface area contributed by atoms with Crippen LogP contribution >= 0.6 is 0 Å². The van der Waals surface area contributed by atoms with Crippen LogP contribution in [0.4, 0.5) is 0 Å². The lowest BCUT2D eigenvalue weighted by Gasteiger charge is -2.03. The summed E-state index contributed by atoms with van der Waals surface area (Å²) in [5.41, 5.74) is 2.23. The van der Waals surface area contributed by atoms with Crippen molar-refractivity contribution in [1.29, 1.82) is 0 Å². The smallest absolute Gasteiger partial charge is 0.310 e. The first-order chi connectivity index (χ1) is 11.4. The molecule has 24 heavy (non-hydrogen) atoms. The summed E-state index contributed by atoms with van der Waals surface area (Å²) in [5.74, 6) is 1.65. The van der Waals surface area contributed by atoms with E-state index in [0.29, 0.717) is 0 Å². The van der Waals surface area contributed by atoms with E-state index in [9.17, 15) is 4.79 Å². The summed E-state index contributed by atoms with van der Waals surface area (Å²) in [7, 11) is 0. The Hall–Kier alpha value is -2.23. The molecule has 1 saturated carbocycles. The van der Waals surface area contributed by atoms with Gasteiger partial charge in [0.2, 0.25) is 6.79 Å². The van der Waals surface area contributed by atoms with Crippen molar-refractivity contribution in [2.75, 3.05) is 13.4 Å². The first kappa shape index (κ1) is 16.6. The number of rotatable bonds is 5. The number of hydrogen-bond donors (Lipinski definition) is 0. The van der Waals surface area contributed by atoms with E-state index in [1.807, 2.05) is 30.4 Å². The van der Waals surface area contributed by atoms with Crippen LogP contribution in [-0.2, 0) is 9.53 Å². The molecule has 1 aromatic rings. The molecule has 2 aliphatic rings. The van der Waals surface area contributed by atoms with E-state index in [2.05, 4.69) is 33.8 Å². The van der Waals surface area contributed by atoms with Crippen LogP contribution in [0.25, 0.3) is 6.08 Å². The third-order valence-corrected chi connectivity index (χ3v) is 4.71. The SMILES string of the molecule is CC(C)=C[C@@H]1[C@H](C(=O)OC/C=C\c2ccc3c(c2)OCO3)C1(C)C. The largest absolute Gasteiger partial charge is 0.461 e. The highest BCUT2D eigenvalue weighted by Crippen LogP contribution is 2.59. The van der Waals surface area contributed by atoms with Crippen molar-refractivity contribution >= 4 is 12.0 Å². The van der Waals surface area contributed by atoms with Crippen molar-refractivity contribution in [2.24, 2.45) is 17.3 Å². The van der Waals surface area contributed by atoms with Crippen molar-refractivity contribution in [3.8, 4) is 11.5 Å². The van der Waals surface area contributed by atoms with E-state index in [0.717, 1.165) is 17.1 Å². The molecule has 0 amide bonds. The standard InChI is InChI=1S/C20H24O4/c1-13(2)10-15-18(20(15,3)4)19(21)22-9-5-6-14-7-8-16-17(11-14)24-12-23-16/h5-8,10-11,15,18H,9,12H2,1-4H3/b6-5-/t15-,18-/m1/s1. The fourth-order valence-electron chi connectivity index (χ4n) is 3.22. The van der Waals surface area contributed by atoms with E-state index in [4.69, 9.17) is 14.2 Å². The quantitative estimate of drug-likeness (QED) is 0.600. The molecule has 1 heterocycles. The minimum absolute atomic E-state index is 0.00457. The maximum atomic E-state index is 12.3. The molecule has 1 aromatic carbocycles. The Morgan fingerprint density at radius 3 is 2.79 bits per heavy atom. The van der Waals surface area contributed by atoms with Crippen molar-refractivity contribution in [3.05, 3.63) is 41.5 Å². The summed E-state index contributed by atoms with van der Waals surface area (Å²) >= 11 is 0. The van der Waals surface area contributed by atoms with Gasteiger partial charge in [-0.05, 0) is 49.0 Å². The van der Waals surface area contributed by atoms with Gasteiger partial charge in [0.25, 0.3) is 0 Å². The zero-order valence-corrected chi connectivity index (χ0v) is 14.7. The van der Waals surface area contributed by atoms with Gasteiger partial charge in [0.1, 0.15) is 6.61 Å². The van der Waals surface area contributed by atoms with Crippen LogP contribution in [0.2, 0.25) is 0 Å². The Morgan fingerprint density at radius 1 is 1.29 bits per heavy atom. The molecular weight excluding hydrogens is 304 g/mol. The highest BCUT2D eigenvalue weighted by molar-refractivity contribution is 5.78. The van der Waals surface area contributed by atoms with Crippen LogP contribution in [0.5, 0.6) is 11.5 Å². The lowest BCUT2D eigenvalue weighted by molar-refractivity contribution is -0.144. The second-order valence-electron chi connectivity index (χ2n) is 7.21. The molecule has 0 radical (unpaired) electrons. The zero-order valence-electron chi connectivity index (χ0n) is 14.7. The van der Waals surface area contributed by atoms with Crippen molar-refractivity contribution in [1.82, 2.24) is 0 Å². The van der Waals surface area contributed by atoms with Crippen LogP contribution in [0.3, 0.4) is 0 Å². The van der Waals surface area contributed by atoms with E-state index >= 15 is 0 Å². The minimum Gasteiger partial charge on any atom is -0.461 e. The first-order valence-electron chi connectivity index (χ1n) is 8.27. The van der Waals surface area contributed by atoms with Crippen molar-refractivity contribution in [3.63, 3.8) is 0 Å². The molecule has 0 aromatic heterocycles. The number of fused-ring (bicyclic) bond motifs is 1. The number of esters is 1. The normalized spacial score (nSPS) is 23.2. The Kier molecular flexibility index (Phi) is 4.39. The lowest BCUT2D eigenvalue weighted by Crippen LogP contribution is -2.10. The van der Waals surface area contributed by atoms with E-state index in [1.165, 1.54) is 5.57 Å². The van der Waals surface area contributed by atoms with Gasteiger partial charge in [0, 0.05) is 0 Å². The monoisotopic (exact) mass is 328 g/mol. The van der Waals surface area contributed by atoms with Gasteiger partial charge in [-0.15, -0.1) is 0 Å². The molecule has 3 rings (SSSR count). The lowest BCUT2D eigenvalue weighted by atomic mass is 10.1. The fourth-order valence-corrected chi connectivity index (χ4v) is 3.22. The number of carbonyl (C=O) groups excluding carboxylic acids is 1. The predicted molar refractivity (Wildman–Crippen MR) is 92.8 cm³/mol. The molecule has 0 N–H and O–H groups in total. The average molecular weight is 328 g/mol. The van der Waals surface area contributed by atoms with Crippen molar-refractivity contribution in [2.45, 2.75) is 27.7 Å². The van der Waals surface area contributed by atoms with E-state index in [1.54, 1.807) is 0 Å². The number of carbonyl (C=O) groups is 1. The van der Waals surface area contributed by atoms with Gasteiger partial charge in [-0.2, -0.15) is 0 Å². The first-order valence-corrected chi connectivity index (χ1v) is 8.27. The number of benzene rings is 1. The van der Waals surface area contributed by atoms with Crippen LogP contribution in [-0.4, -0.2) is 19.4 Å². The molecule has 1 fully saturated rings. The van der Waals surface area contributed by atoms with Gasteiger partial charge in [0.05, 0.1) is 5.92 Å². The summed E-state index contributed by atoms with van der Waals surface area (Å²) in [6.07, 6.45) is 5.94. The number of allylic oxidation sites excluding steroid dienone is 2. The molecule has 4 nitrogen and oxygen atoms in total. The summed E-state index contributed by atoms with van der Waals surface area (Å²) in [6.45, 7) is 8.90. The molecule has 1 aliphatic carbocycles. The van der Waals surface area contributed by atoms with Gasteiger partial charge >= 0.3 is 5.97 Å². The molecule has 1 aliphatic heterocycles. The highest BCUT2D eigenvalue weighted by Gasteiger charge is 2.61. The predicted octanol–water partition coefficient (Wildman–Crippen LogP) is 4.21. The van der Waals surface area contributed by atoms with Gasteiger partial charge in [-0.1, -0.05) is 37.6 Å². The van der Waals surface area contributed by atoms with Crippen LogP contribution < -0.4 is 9.47 Å². The maximum Gasteiger partial charge on any atom is 0.310 e. The second kappa shape index (κ2) is 6.34. The second-order valence-corrected chi connectivity index (χ2v) is 7.21. The molecule has 0 spiro atoms. The topological polar surface area (TPSA) is 44.8 Å². The van der Waals surface area contributed by atoms with E-state index in [-0.39, 0.29) is 36.6 Å². The summed E-state index contributed by atoms with van der Waals surface area (Å²) in [6, 6.07) is 5.74. The molecule has 128 valence electrons. The third kappa shape index (κ3) is 3.32. The molecule has 0 bridgehead atoms. The Bertz CT molecular complexity index is 696. The Labute approximate surface area is 143 Å². The molecule has 0 unspecified atom stereocenters. The van der Waals surface area contributed by atoms with Crippen LogP contribution in [0.15, 0.2) is 35.9 Å². The Balaban J connectivity index is 1.51. The van der Waals surface area contributed by atoms with Crippen molar-refractivity contribution < 1.29 is 19.0 Å².